The Kier molecular flexibility index (Phi) is 8.76. The van der Waals surface area contributed by atoms with Gasteiger partial charge in [-0.2, -0.15) is 0 Å². The molecule has 0 amide bonds. The van der Waals surface area contributed by atoms with E-state index in [1.54, 1.807) is 14.0 Å². The quantitative estimate of drug-likeness (QED) is 0.348. The normalized spacial score (nSPS) is 10.2. The van der Waals surface area contributed by atoms with Crippen LogP contribution in [0, 0.1) is 0 Å². The molecule has 1 aromatic rings. The van der Waals surface area contributed by atoms with E-state index in [4.69, 9.17) is 18.9 Å². The molecule has 0 saturated carbocycles. The zero-order valence-corrected chi connectivity index (χ0v) is 15.1. The highest BCUT2D eigenvalue weighted by molar-refractivity contribution is 5.86. The summed E-state index contributed by atoms with van der Waals surface area (Å²) < 4.78 is 22.0. The number of hydrogen-bond acceptors (Lipinski definition) is 5. The molecule has 24 heavy (non-hydrogen) atoms. The molecule has 0 N–H and O–H groups in total. The molecule has 0 aliphatic carbocycles. The summed E-state index contributed by atoms with van der Waals surface area (Å²) in [5.74, 6) is 1.71. The number of ether oxygens (including phenoxy) is 4. The number of unbranched alkanes of at least 4 members (excludes halogenated alkanes) is 1. The van der Waals surface area contributed by atoms with Crippen LogP contribution in [0.3, 0.4) is 0 Å². The zero-order chi connectivity index (χ0) is 17.9. The van der Waals surface area contributed by atoms with Gasteiger partial charge >= 0.3 is 5.97 Å². The van der Waals surface area contributed by atoms with Crippen LogP contribution >= 0.6 is 0 Å². The second kappa shape index (κ2) is 10.6. The van der Waals surface area contributed by atoms with Gasteiger partial charge in [-0.1, -0.05) is 12.6 Å². The van der Waals surface area contributed by atoms with E-state index < -0.39 is 0 Å². The molecule has 0 unspecified atom stereocenters. The van der Waals surface area contributed by atoms with Crippen molar-refractivity contribution in [3.05, 3.63) is 29.8 Å². The van der Waals surface area contributed by atoms with E-state index in [0.717, 1.165) is 24.8 Å². The Balaban J connectivity index is 2.68. The van der Waals surface area contributed by atoms with Crippen molar-refractivity contribution in [2.24, 2.45) is 0 Å². The van der Waals surface area contributed by atoms with Crippen LogP contribution < -0.4 is 14.2 Å². The average Bonchev–Trinajstić information content (AvgIpc) is 2.56. The van der Waals surface area contributed by atoms with Gasteiger partial charge in [0.1, 0.15) is 0 Å². The van der Waals surface area contributed by atoms with Gasteiger partial charge in [-0.25, -0.2) is 4.79 Å². The van der Waals surface area contributed by atoms with Crippen molar-refractivity contribution >= 4 is 5.97 Å². The van der Waals surface area contributed by atoms with Gasteiger partial charge in [0.15, 0.2) is 11.5 Å². The van der Waals surface area contributed by atoms with Crippen LogP contribution in [0.25, 0.3) is 0 Å². The van der Waals surface area contributed by atoms with E-state index in [1.165, 1.54) is 0 Å². The Morgan fingerprint density at radius 1 is 1.08 bits per heavy atom. The minimum Gasteiger partial charge on any atom is -0.492 e. The second-order valence-corrected chi connectivity index (χ2v) is 5.32. The third-order valence-electron chi connectivity index (χ3n) is 3.37. The molecule has 1 aromatic carbocycles. The Morgan fingerprint density at radius 2 is 1.79 bits per heavy atom. The summed E-state index contributed by atoms with van der Waals surface area (Å²) in [5.41, 5.74) is 1.47. The SMILES string of the molecule is C=C(C)C(=O)OCCCCc1ccc(OCC)c(OCC)c1OC. The molecule has 0 radical (unpaired) electrons. The molecule has 5 nitrogen and oxygen atoms in total. The maximum absolute atomic E-state index is 11.3. The average molecular weight is 336 g/mol. The van der Waals surface area contributed by atoms with E-state index in [0.29, 0.717) is 42.6 Å². The molecule has 5 heteroatoms. The first-order chi connectivity index (χ1) is 11.5. The van der Waals surface area contributed by atoms with Crippen LogP contribution in [0.5, 0.6) is 17.2 Å². The Hall–Kier alpha value is -2.17. The fourth-order valence-electron chi connectivity index (χ4n) is 2.26. The molecular weight excluding hydrogens is 308 g/mol. The van der Waals surface area contributed by atoms with E-state index in [-0.39, 0.29) is 5.97 Å². The number of aryl methyl sites for hydroxylation is 1. The number of benzene rings is 1. The molecule has 0 saturated heterocycles. The van der Waals surface area contributed by atoms with Crippen molar-refractivity contribution in [3.8, 4) is 17.2 Å². The van der Waals surface area contributed by atoms with Crippen molar-refractivity contribution in [3.63, 3.8) is 0 Å². The van der Waals surface area contributed by atoms with Gasteiger partial charge in [-0.15, -0.1) is 0 Å². The summed E-state index contributed by atoms with van der Waals surface area (Å²) >= 11 is 0. The van der Waals surface area contributed by atoms with E-state index >= 15 is 0 Å². The highest BCUT2D eigenvalue weighted by atomic mass is 16.5. The fourth-order valence-corrected chi connectivity index (χ4v) is 2.26. The zero-order valence-electron chi connectivity index (χ0n) is 15.1. The summed E-state index contributed by atoms with van der Waals surface area (Å²) in [6, 6.07) is 3.90. The Labute approximate surface area is 144 Å². The summed E-state index contributed by atoms with van der Waals surface area (Å²) in [6.07, 6.45) is 2.46. The largest absolute Gasteiger partial charge is 0.492 e. The van der Waals surface area contributed by atoms with Gasteiger partial charge < -0.3 is 18.9 Å². The lowest BCUT2D eigenvalue weighted by Crippen LogP contribution is -2.06. The third-order valence-corrected chi connectivity index (χ3v) is 3.37. The van der Waals surface area contributed by atoms with Crippen LogP contribution in [-0.2, 0) is 16.0 Å². The third kappa shape index (κ3) is 5.80. The van der Waals surface area contributed by atoms with E-state index in [2.05, 4.69) is 6.58 Å². The lowest BCUT2D eigenvalue weighted by molar-refractivity contribution is -0.139. The van der Waals surface area contributed by atoms with Crippen molar-refractivity contribution in [2.75, 3.05) is 26.9 Å². The van der Waals surface area contributed by atoms with Gasteiger partial charge in [0, 0.05) is 5.57 Å². The molecule has 0 spiro atoms. The highest BCUT2D eigenvalue weighted by Gasteiger charge is 2.16. The second-order valence-electron chi connectivity index (χ2n) is 5.32. The number of esters is 1. The lowest BCUT2D eigenvalue weighted by atomic mass is 10.1. The van der Waals surface area contributed by atoms with Crippen LogP contribution in [0.15, 0.2) is 24.3 Å². The smallest absolute Gasteiger partial charge is 0.333 e. The molecule has 0 fully saturated rings. The molecule has 0 atom stereocenters. The maximum Gasteiger partial charge on any atom is 0.333 e. The summed E-state index contributed by atoms with van der Waals surface area (Å²) in [5, 5.41) is 0. The predicted molar refractivity (Wildman–Crippen MR) is 94.0 cm³/mol. The van der Waals surface area contributed by atoms with Crippen LogP contribution in [0.2, 0.25) is 0 Å². The van der Waals surface area contributed by atoms with Crippen LogP contribution in [0.4, 0.5) is 0 Å². The van der Waals surface area contributed by atoms with Gasteiger partial charge in [-0.3, -0.25) is 0 Å². The molecule has 134 valence electrons. The summed E-state index contributed by atoms with van der Waals surface area (Å²) in [4.78, 5) is 11.3. The van der Waals surface area contributed by atoms with Gasteiger partial charge in [0.2, 0.25) is 5.75 Å². The fraction of sp³-hybridized carbons (Fsp3) is 0.526. The molecule has 0 heterocycles. The Morgan fingerprint density at radius 3 is 2.38 bits per heavy atom. The van der Waals surface area contributed by atoms with Crippen LogP contribution in [0.1, 0.15) is 39.2 Å². The van der Waals surface area contributed by atoms with Gasteiger partial charge in [0.05, 0.1) is 26.9 Å². The van der Waals surface area contributed by atoms with E-state index in [1.807, 2.05) is 26.0 Å². The number of carbonyl (C=O) groups excluding carboxylic acids is 1. The molecule has 0 aliphatic rings. The van der Waals surface area contributed by atoms with Gasteiger partial charge in [-0.05, 0) is 51.7 Å². The highest BCUT2D eigenvalue weighted by Crippen LogP contribution is 2.40. The molecule has 0 bridgehead atoms. The monoisotopic (exact) mass is 336 g/mol. The van der Waals surface area contributed by atoms with Crippen molar-refractivity contribution < 1.29 is 23.7 Å². The molecule has 0 aliphatic heterocycles. The molecular formula is C19H28O5. The Bertz CT molecular complexity index is 551. The predicted octanol–water partition coefficient (Wildman–Crippen LogP) is 3.93. The van der Waals surface area contributed by atoms with Crippen LogP contribution in [-0.4, -0.2) is 32.9 Å². The lowest BCUT2D eigenvalue weighted by Gasteiger charge is -2.17. The minimum atomic E-state index is -0.340. The number of carbonyl (C=O) groups is 1. The van der Waals surface area contributed by atoms with Gasteiger partial charge in [0.25, 0.3) is 0 Å². The number of methoxy groups -OCH3 is 1. The standard InChI is InChI=1S/C19H28O5/c1-6-22-16-12-11-15(17(21-5)18(16)23-7-2)10-8-9-13-24-19(20)14(3)4/h11-12H,3,6-10,13H2,1-2,4-5H3. The summed E-state index contributed by atoms with van der Waals surface area (Å²) in [7, 11) is 1.63. The maximum atomic E-state index is 11.3. The minimum absolute atomic E-state index is 0.340. The first-order valence-electron chi connectivity index (χ1n) is 8.33. The van der Waals surface area contributed by atoms with Crippen molar-refractivity contribution in [1.29, 1.82) is 0 Å². The summed E-state index contributed by atoms with van der Waals surface area (Å²) in [6.45, 7) is 10.6. The number of rotatable bonds is 11. The van der Waals surface area contributed by atoms with Crippen molar-refractivity contribution in [1.82, 2.24) is 0 Å². The topological polar surface area (TPSA) is 54.0 Å². The van der Waals surface area contributed by atoms with E-state index in [9.17, 15) is 4.79 Å². The molecule has 0 aromatic heterocycles. The first-order valence-corrected chi connectivity index (χ1v) is 8.33. The van der Waals surface area contributed by atoms with Crippen molar-refractivity contribution in [2.45, 2.75) is 40.0 Å². The first kappa shape index (κ1) is 19.9. The number of hydrogen-bond donors (Lipinski definition) is 0. The molecule has 1 rings (SSSR count).